The first-order chi connectivity index (χ1) is 5.97. The molecule has 4 heteroatoms. The average molecular weight is 198 g/mol. The summed E-state index contributed by atoms with van der Waals surface area (Å²) in [6.07, 6.45) is 2.71. The van der Waals surface area contributed by atoms with Gasteiger partial charge in [-0.3, -0.25) is 9.78 Å². The SMILES string of the molecule is CCC(C)(C)n1ccc(=O)[nH]c1=S. The topological polar surface area (TPSA) is 37.8 Å². The molecule has 0 aliphatic rings. The molecule has 3 nitrogen and oxygen atoms in total. The van der Waals surface area contributed by atoms with Crippen molar-refractivity contribution in [2.24, 2.45) is 0 Å². The maximum atomic E-state index is 10.9. The minimum absolute atomic E-state index is 0.0404. The first-order valence-corrected chi connectivity index (χ1v) is 4.70. The second-order valence-electron chi connectivity index (χ2n) is 3.65. The standard InChI is InChI=1S/C9H14N2OS/c1-4-9(2,3)11-6-5-7(12)10-8(11)13/h5-6H,4H2,1-3H3,(H,10,12,13). The lowest BCUT2D eigenvalue weighted by Gasteiger charge is -2.26. The number of aromatic nitrogens is 2. The van der Waals surface area contributed by atoms with E-state index in [4.69, 9.17) is 12.2 Å². The predicted octanol–water partition coefficient (Wildman–Crippen LogP) is 2.05. The largest absolute Gasteiger partial charge is 0.320 e. The molecule has 0 radical (unpaired) electrons. The maximum absolute atomic E-state index is 10.9. The highest BCUT2D eigenvalue weighted by Crippen LogP contribution is 2.17. The van der Waals surface area contributed by atoms with Gasteiger partial charge in [-0.15, -0.1) is 0 Å². The summed E-state index contributed by atoms with van der Waals surface area (Å²) in [5, 5.41) is 0. The number of rotatable bonds is 2. The molecule has 0 fully saturated rings. The van der Waals surface area contributed by atoms with E-state index in [2.05, 4.69) is 25.8 Å². The number of nitrogens with zero attached hydrogens (tertiary/aromatic N) is 1. The van der Waals surface area contributed by atoms with Crippen molar-refractivity contribution >= 4 is 12.2 Å². The molecule has 0 saturated heterocycles. The van der Waals surface area contributed by atoms with E-state index in [0.29, 0.717) is 4.77 Å². The Morgan fingerprint density at radius 2 is 2.23 bits per heavy atom. The fourth-order valence-electron chi connectivity index (χ4n) is 1.06. The van der Waals surface area contributed by atoms with Gasteiger partial charge in [-0.1, -0.05) is 6.92 Å². The molecule has 0 bridgehead atoms. The third-order valence-electron chi connectivity index (χ3n) is 2.34. The van der Waals surface area contributed by atoms with Crippen LogP contribution in [-0.2, 0) is 5.54 Å². The van der Waals surface area contributed by atoms with Crippen molar-refractivity contribution in [1.29, 1.82) is 0 Å². The third kappa shape index (κ3) is 2.06. The van der Waals surface area contributed by atoms with Crippen molar-refractivity contribution < 1.29 is 0 Å². The lowest BCUT2D eigenvalue weighted by atomic mass is 10.0. The number of aromatic amines is 1. The molecule has 1 N–H and O–H groups in total. The molecule has 13 heavy (non-hydrogen) atoms. The molecule has 1 heterocycles. The summed E-state index contributed by atoms with van der Waals surface area (Å²) in [4.78, 5) is 13.5. The van der Waals surface area contributed by atoms with Crippen LogP contribution in [0.25, 0.3) is 0 Å². The van der Waals surface area contributed by atoms with Gasteiger partial charge in [0.1, 0.15) is 0 Å². The zero-order valence-corrected chi connectivity index (χ0v) is 8.94. The Morgan fingerprint density at radius 1 is 1.62 bits per heavy atom. The third-order valence-corrected chi connectivity index (χ3v) is 2.64. The number of H-pyrrole nitrogens is 1. The summed E-state index contributed by atoms with van der Waals surface area (Å²) in [6.45, 7) is 6.26. The molecule has 0 spiro atoms. The molecular weight excluding hydrogens is 184 g/mol. The van der Waals surface area contributed by atoms with Crippen LogP contribution in [0.1, 0.15) is 27.2 Å². The molecule has 0 atom stereocenters. The molecule has 0 amide bonds. The van der Waals surface area contributed by atoms with E-state index in [0.717, 1.165) is 6.42 Å². The van der Waals surface area contributed by atoms with Crippen LogP contribution in [0.15, 0.2) is 17.1 Å². The minimum atomic E-state index is -0.145. The Labute approximate surface area is 82.4 Å². The van der Waals surface area contributed by atoms with Crippen molar-refractivity contribution in [2.45, 2.75) is 32.7 Å². The normalized spacial score (nSPS) is 11.6. The van der Waals surface area contributed by atoms with Crippen LogP contribution < -0.4 is 5.56 Å². The zero-order chi connectivity index (χ0) is 10.1. The fourth-order valence-corrected chi connectivity index (χ4v) is 1.47. The molecule has 0 aliphatic carbocycles. The van der Waals surface area contributed by atoms with Crippen LogP contribution >= 0.6 is 12.2 Å². The van der Waals surface area contributed by atoms with Crippen molar-refractivity contribution in [3.63, 3.8) is 0 Å². The first-order valence-electron chi connectivity index (χ1n) is 4.30. The smallest absolute Gasteiger partial charge is 0.251 e. The summed E-state index contributed by atoms with van der Waals surface area (Å²) in [7, 11) is 0. The lowest BCUT2D eigenvalue weighted by Crippen LogP contribution is -2.28. The van der Waals surface area contributed by atoms with Gasteiger partial charge in [-0.2, -0.15) is 0 Å². The Kier molecular flexibility index (Phi) is 2.71. The van der Waals surface area contributed by atoms with E-state index in [9.17, 15) is 4.79 Å². The lowest BCUT2D eigenvalue weighted by molar-refractivity contribution is 0.332. The fraction of sp³-hybridized carbons (Fsp3) is 0.556. The van der Waals surface area contributed by atoms with Crippen molar-refractivity contribution in [3.05, 3.63) is 27.4 Å². The minimum Gasteiger partial charge on any atom is -0.320 e. The maximum Gasteiger partial charge on any atom is 0.251 e. The van der Waals surface area contributed by atoms with E-state index >= 15 is 0 Å². The van der Waals surface area contributed by atoms with Crippen molar-refractivity contribution in [1.82, 2.24) is 9.55 Å². The molecule has 1 rings (SSSR count). The van der Waals surface area contributed by atoms with Crippen LogP contribution in [0.4, 0.5) is 0 Å². The van der Waals surface area contributed by atoms with Gasteiger partial charge in [-0.05, 0) is 32.5 Å². The molecule has 72 valence electrons. The summed E-state index contributed by atoms with van der Waals surface area (Å²) >= 11 is 5.06. The van der Waals surface area contributed by atoms with E-state index in [1.165, 1.54) is 6.07 Å². The Morgan fingerprint density at radius 3 is 2.69 bits per heavy atom. The summed E-state index contributed by atoms with van der Waals surface area (Å²) in [5.74, 6) is 0. The monoisotopic (exact) mass is 198 g/mol. The molecular formula is C9H14N2OS. The van der Waals surface area contributed by atoms with Crippen LogP contribution in [0.5, 0.6) is 0 Å². The van der Waals surface area contributed by atoms with Gasteiger partial charge in [-0.25, -0.2) is 0 Å². The second kappa shape index (κ2) is 3.46. The molecule has 0 aliphatic heterocycles. The average Bonchev–Trinajstić information content (AvgIpc) is 2.03. The van der Waals surface area contributed by atoms with E-state index in [1.807, 2.05) is 4.57 Å². The Bertz CT molecular complexity index is 403. The van der Waals surface area contributed by atoms with Gasteiger partial charge in [0.15, 0.2) is 4.77 Å². The Balaban J connectivity index is 3.32. The highest BCUT2D eigenvalue weighted by atomic mass is 32.1. The van der Waals surface area contributed by atoms with Crippen LogP contribution in [-0.4, -0.2) is 9.55 Å². The quantitative estimate of drug-likeness (QED) is 0.738. The molecule has 0 saturated carbocycles. The second-order valence-corrected chi connectivity index (χ2v) is 4.03. The number of hydrogen-bond donors (Lipinski definition) is 1. The van der Waals surface area contributed by atoms with Gasteiger partial charge in [0.2, 0.25) is 0 Å². The highest BCUT2D eigenvalue weighted by molar-refractivity contribution is 7.71. The van der Waals surface area contributed by atoms with Gasteiger partial charge in [0.25, 0.3) is 5.56 Å². The molecule has 1 aromatic rings. The van der Waals surface area contributed by atoms with Crippen LogP contribution in [0.3, 0.4) is 0 Å². The highest BCUT2D eigenvalue weighted by Gasteiger charge is 2.16. The molecule has 0 unspecified atom stereocenters. The van der Waals surface area contributed by atoms with Crippen molar-refractivity contribution in [3.8, 4) is 0 Å². The summed E-state index contributed by atoms with van der Waals surface area (Å²) in [6, 6.07) is 1.49. The van der Waals surface area contributed by atoms with E-state index < -0.39 is 0 Å². The van der Waals surface area contributed by atoms with Gasteiger partial charge < -0.3 is 4.57 Å². The van der Waals surface area contributed by atoms with Gasteiger partial charge >= 0.3 is 0 Å². The van der Waals surface area contributed by atoms with Crippen LogP contribution in [0.2, 0.25) is 0 Å². The number of hydrogen-bond acceptors (Lipinski definition) is 2. The predicted molar refractivity (Wildman–Crippen MR) is 55.5 cm³/mol. The Hall–Kier alpha value is -0.900. The molecule has 0 aromatic carbocycles. The zero-order valence-electron chi connectivity index (χ0n) is 8.13. The van der Waals surface area contributed by atoms with E-state index in [1.54, 1.807) is 6.20 Å². The van der Waals surface area contributed by atoms with Crippen molar-refractivity contribution in [2.75, 3.05) is 0 Å². The van der Waals surface area contributed by atoms with Gasteiger partial charge in [0, 0.05) is 17.8 Å². The van der Waals surface area contributed by atoms with E-state index in [-0.39, 0.29) is 11.1 Å². The number of nitrogens with one attached hydrogen (secondary N) is 1. The first kappa shape index (κ1) is 10.2. The van der Waals surface area contributed by atoms with Crippen LogP contribution in [0, 0.1) is 4.77 Å². The summed E-state index contributed by atoms with van der Waals surface area (Å²) in [5.41, 5.74) is -0.186. The summed E-state index contributed by atoms with van der Waals surface area (Å²) < 4.78 is 2.39. The van der Waals surface area contributed by atoms with Gasteiger partial charge in [0.05, 0.1) is 0 Å². The molecule has 1 aromatic heterocycles.